The molecule has 1 amide bonds. The smallest absolute Gasteiger partial charge is 0.240 e. The largest absolute Gasteiger partial charge is 0.351 e. The zero-order valence-electron chi connectivity index (χ0n) is 16.0. The summed E-state index contributed by atoms with van der Waals surface area (Å²) >= 11 is 12.1. The van der Waals surface area contributed by atoms with Gasteiger partial charge in [0.25, 0.3) is 0 Å². The molecule has 0 saturated heterocycles. The van der Waals surface area contributed by atoms with Crippen molar-refractivity contribution in [3.8, 4) is 0 Å². The Labute approximate surface area is 183 Å². The van der Waals surface area contributed by atoms with E-state index in [-0.39, 0.29) is 30.3 Å². The fraction of sp³-hybridized carbons (Fsp3) is 0.409. The molecular weight excluding hydrogens is 415 g/mol. The van der Waals surface area contributed by atoms with Gasteiger partial charge in [-0.15, -0.1) is 12.4 Å². The number of nitrogens with one attached hydrogen (secondary N) is 1. The molecule has 0 radical (unpaired) electrons. The van der Waals surface area contributed by atoms with Gasteiger partial charge in [-0.2, -0.15) is 0 Å². The summed E-state index contributed by atoms with van der Waals surface area (Å²) in [4.78, 5) is 12.8. The van der Waals surface area contributed by atoms with Crippen LogP contribution in [0.1, 0.15) is 49.7 Å². The lowest BCUT2D eigenvalue weighted by Crippen LogP contribution is -2.55. The maximum absolute atomic E-state index is 12.8. The topological polar surface area (TPSA) is 55.1 Å². The molecule has 0 spiro atoms. The number of nitrogens with two attached hydrogens (primary N) is 1. The Kier molecular flexibility index (Phi) is 8.20. The first kappa shape index (κ1) is 23.0. The van der Waals surface area contributed by atoms with Crippen molar-refractivity contribution in [2.75, 3.05) is 0 Å². The molecule has 2 aromatic rings. The second-order valence-electron chi connectivity index (χ2n) is 7.61. The molecule has 2 atom stereocenters. The highest BCUT2D eigenvalue weighted by Crippen LogP contribution is 2.30. The number of hydrogen-bond acceptors (Lipinski definition) is 2. The molecule has 3 rings (SSSR count). The highest BCUT2D eigenvalue weighted by atomic mass is 35.5. The molecule has 6 heteroatoms. The summed E-state index contributed by atoms with van der Waals surface area (Å²) in [6, 6.07) is 15.6. The maximum Gasteiger partial charge on any atom is 0.240 e. The zero-order chi connectivity index (χ0) is 19.4. The van der Waals surface area contributed by atoms with Crippen LogP contribution in [0.15, 0.2) is 48.5 Å². The van der Waals surface area contributed by atoms with E-state index < -0.39 is 5.54 Å². The van der Waals surface area contributed by atoms with Gasteiger partial charge in [0.15, 0.2) is 0 Å². The standard InChI is InChI=1S/C22H26Cl2N2O.ClH/c1-15(26-21(27)22(25)12-2-3-13-22)20(17-6-10-19(24)11-7-17)14-16-4-8-18(23)9-5-16;/h4-11,15,20H,2-3,12-14,25H2,1H3,(H,26,27);1H. The number of rotatable bonds is 6. The molecule has 0 bridgehead atoms. The molecule has 0 aromatic heterocycles. The molecule has 1 fully saturated rings. The van der Waals surface area contributed by atoms with Crippen molar-refractivity contribution in [1.82, 2.24) is 5.32 Å². The first-order valence-corrected chi connectivity index (χ1v) is 10.2. The van der Waals surface area contributed by atoms with Gasteiger partial charge in [0.05, 0.1) is 5.54 Å². The van der Waals surface area contributed by atoms with Gasteiger partial charge in [-0.1, -0.05) is 60.3 Å². The molecule has 28 heavy (non-hydrogen) atoms. The van der Waals surface area contributed by atoms with Crippen LogP contribution in [0, 0.1) is 0 Å². The van der Waals surface area contributed by atoms with Crippen molar-refractivity contribution in [2.24, 2.45) is 5.73 Å². The number of hydrogen-bond donors (Lipinski definition) is 2. The lowest BCUT2D eigenvalue weighted by atomic mass is 9.86. The van der Waals surface area contributed by atoms with Crippen LogP contribution in [0.25, 0.3) is 0 Å². The Morgan fingerprint density at radius 3 is 2.07 bits per heavy atom. The number of carbonyl (C=O) groups is 1. The van der Waals surface area contributed by atoms with E-state index in [2.05, 4.69) is 5.32 Å². The van der Waals surface area contributed by atoms with Crippen LogP contribution in [-0.4, -0.2) is 17.5 Å². The number of halogens is 3. The minimum absolute atomic E-state index is 0. The normalized spacial score (nSPS) is 17.4. The number of carbonyl (C=O) groups excluding carboxylic acids is 1. The molecule has 3 nitrogen and oxygen atoms in total. The summed E-state index contributed by atoms with van der Waals surface area (Å²) < 4.78 is 0. The lowest BCUT2D eigenvalue weighted by Gasteiger charge is -2.30. The fourth-order valence-corrected chi connectivity index (χ4v) is 4.10. The second kappa shape index (κ2) is 9.98. The summed E-state index contributed by atoms with van der Waals surface area (Å²) in [5.41, 5.74) is 7.92. The predicted octanol–water partition coefficient (Wildman–Crippen LogP) is 5.52. The predicted molar refractivity (Wildman–Crippen MR) is 120 cm³/mol. The summed E-state index contributed by atoms with van der Waals surface area (Å²) in [5, 5.41) is 4.60. The molecule has 2 aromatic carbocycles. The van der Waals surface area contributed by atoms with Crippen LogP contribution in [0.4, 0.5) is 0 Å². The first-order chi connectivity index (χ1) is 12.9. The van der Waals surface area contributed by atoms with Crippen molar-refractivity contribution < 1.29 is 4.79 Å². The van der Waals surface area contributed by atoms with E-state index >= 15 is 0 Å². The molecular formula is C22H27Cl3N2O. The van der Waals surface area contributed by atoms with Gasteiger partial charge in [0.1, 0.15) is 0 Å². The SMILES string of the molecule is CC(NC(=O)C1(N)CCCC1)C(Cc1ccc(Cl)cc1)c1ccc(Cl)cc1.Cl. The van der Waals surface area contributed by atoms with Crippen LogP contribution in [0.5, 0.6) is 0 Å². The van der Waals surface area contributed by atoms with Gasteiger partial charge >= 0.3 is 0 Å². The van der Waals surface area contributed by atoms with E-state index in [1.807, 2.05) is 55.5 Å². The molecule has 1 aliphatic carbocycles. The van der Waals surface area contributed by atoms with E-state index in [0.29, 0.717) is 5.02 Å². The van der Waals surface area contributed by atoms with Crippen molar-refractivity contribution >= 4 is 41.5 Å². The van der Waals surface area contributed by atoms with Gasteiger partial charge in [-0.05, 0) is 61.6 Å². The van der Waals surface area contributed by atoms with Crippen LogP contribution < -0.4 is 11.1 Å². The van der Waals surface area contributed by atoms with Gasteiger partial charge in [0.2, 0.25) is 5.91 Å². The lowest BCUT2D eigenvalue weighted by molar-refractivity contribution is -0.126. The van der Waals surface area contributed by atoms with Gasteiger partial charge in [-0.25, -0.2) is 0 Å². The third-order valence-electron chi connectivity index (χ3n) is 5.58. The molecule has 3 N–H and O–H groups in total. The van der Waals surface area contributed by atoms with Gasteiger partial charge < -0.3 is 11.1 Å². The Bertz CT molecular complexity index is 771. The highest BCUT2D eigenvalue weighted by Gasteiger charge is 2.38. The highest BCUT2D eigenvalue weighted by molar-refractivity contribution is 6.30. The third kappa shape index (κ3) is 5.64. The number of amides is 1. The first-order valence-electron chi connectivity index (χ1n) is 9.47. The third-order valence-corrected chi connectivity index (χ3v) is 6.08. The monoisotopic (exact) mass is 440 g/mol. The Hall–Kier alpha value is -1.26. The number of benzene rings is 2. The summed E-state index contributed by atoms with van der Waals surface area (Å²) in [6.07, 6.45) is 4.34. The average Bonchev–Trinajstić information content (AvgIpc) is 3.10. The fourth-order valence-electron chi connectivity index (χ4n) is 3.85. The Balaban J connectivity index is 0.00000280. The molecule has 2 unspecified atom stereocenters. The summed E-state index contributed by atoms with van der Waals surface area (Å²) in [5.74, 6) is 0.0694. The second-order valence-corrected chi connectivity index (χ2v) is 8.49. The van der Waals surface area contributed by atoms with E-state index in [4.69, 9.17) is 28.9 Å². The summed E-state index contributed by atoms with van der Waals surface area (Å²) in [6.45, 7) is 2.05. The average molecular weight is 442 g/mol. The van der Waals surface area contributed by atoms with Crippen molar-refractivity contribution in [2.45, 2.75) is 56.5 Å². The summed E-state index contributed by atoms with van der Waals surface area (Å²) in [7, 11) is 0. The molecule has 0 heterocycles. The van der Waals surface area contributed by atoms with E-state index in [1.54, 1.807) is 0 Å². The van der Waals surface area contributed by atoms with E-state index in [9.17, 15) is 4.79 Å². The van der Waals surface area contributed by atoms with Crippen LogP contribution in [0.3, 0.4) is 0 Å². The zero-order valence-corrected chi connectivity index (χ0v) is 18.3. The minimum atomic E-state index is -0.723. The quantitative estimate of drug-likeness (QED) is 0.620. The van der Waals surface area contributed by atoms with Crippen LogP contribution in [0.2, 0.25) is 10.0 Å². The maximum atomic E-state index is 12.8. The van der Waals surface area contributed by atoms with E-state index in [0.717, 1.165) is 42.7 Å². The van der Waals surface area contributed by atoms with Crippen molar-refractivity contribution in [3.63, 3.8) is 0 Å². The Morgan fingerprint density at radius 2 is 1.54 bits per heavy atom. The van der Waals surface area contributed by atoms with Gasteiger partial charge in [-0.3, -0.25) is 4.79 Å². The van der Waals surface area contributed by atoms with Crippen molar-refractivity contribution in [3.05, 3.63) is 69.7 Å². The van der Waals surface area contributed by atoms with Crippen LogP contribution in [-0.2, 0) is 11.2 Å². The Morgan fingerprint density at radius 1 is 1.04 bits per heavy atom. The molecule has 0 aliphatic heterocycles. The molecule has 1 saturated carbocycles. The minimum Gasteiger partial charge on any atom is -0.351 e. The van der Waals surface area contributed by atoms with Crippen molar-refractivity contribution in [1.29, 1.82) is 0 Å². The van der Waals surface area contributed by atoms with E-state index in [1.165, 1.54) is 5.56 Å². The molecule has 152 valence electrons. The van der Waals surface area contributed by atoms with Crippen LogP contribution >= 0.6 is 35.6 Å². The molecule has 1 aliphatic rings. The van der Waals surface area contributed by atoms with Gasteiger partial charge in [0, 0.05) is 22.0 Å².